The summed E-state index contributed by atoms with van der Waals surface area (Å²) in [5.74, 6) is -1.27. The maximum absolute atomic E-state index is 12.8. The molecule has 0 amide bonds. The molecule has 19 heavy (non-hydrogen) atoms. The second-order valence-electron chi connectivity index (χ2n) is 3.93. The first-order valence-corrected chi connectivity index (χ1v) is 5.76. The number of alkyl halides is 2. The van der Waals surface area contributed by atoms with Gasteiger partial charge in [-0.2, -0.15) is 0 Å². The monoisotopic (exact) mass is 271 g/mol. The minimum Gasteiger partial charge on any atom is -0.478 e. The zero-order valence-corrected chi connectivity index (χ0v) is 10.7. The average Bonchev–Trinajstić information content (AvgIpc) is 2.37. The fraction of sp³-hybridized carbons (Fsp3) is 0.385. The van der Waals surface area contributed by atoms with Crippen LogP contribution in [0, 0.1) is 0 Å². The molecule has 0 spiro atoms. The van der Waals surface area contributed by atoms with Crippen LogP contribution in [0.15, 0.2) is 23.4 Å². The van der Waals surface area contributed by atoms with E-state index in [1.165, 1.54) is 18.2 Å². The van der Waals surface area contributed by atoms with Crippen LogP contribution < -0.4 is 0 Å². The minimum absolute atomic E-state index is 0.0438. The van der Waals surface area contributed by atoms with Gasteiger partial charge < -0.3 is 9.94 Å². The molecule has 1 aromatic carbocycles. The molecule has 1 rings (SSSR count). The zero-order chi connectivity index (χ0) is 14.4. The summed E-state index contributed by atoms with van der Waals surface area (Å²) in [5, 5.41) is 12.7. The summed E-state index contributed by atoms with van der Waals surface area (Å²) in [7, 11) is 0. The Balaban J connectivity index is 3.04. The number of hydrogen-bond acceptors (Lipinski definition) is 3. The van der Waals surface area contributed by atoms with Crippen molar-refractivity contribution in [2.45, 2.75) is 33.3 Å². The summed E-state index contributed by atoms with van der Waals surface area (Å²) in [6.45, 7) is 3.31. The number of rotatable bonds is 6. The Morgan fingerprint density at radius 3 is 2.68 bits per heavy atom. The van der Waals surface area contributed by atoms with Crippen LogP contribution in [0.2, 0.25) is 0 Å². The minimum atomic E-state index is -2.76. The molecule has 0 atom stereocenters. The predicted octanol–water partition coefficient (Wildman–Crippen LogP) is 3.62. The molecule has 0 fully saturated rings. The Morgan fingerprint density at radius 1 is 1.47 bits per heavy atom. The number of nitrogens with zero attached hydrogens (tertiary/aromatic N) is 1. The van der Waals surface area contributed by atoms with Crippen molar-refractivity contribution < 1.29 is 23.5 Å². The van der Waals surface area contributed by atoms with E-state index >= 15 is 0 Å². The Kier molecular flexibility index (Phi) is 5.41. The molecule has 0 unspecified atom stereocenters. The van der Waals surface area contributed by atoms with Gasteiger partial charge >= 0.3 is 5.97 Å². The number of hydrogen-bond donors (Lipinski definition) is 1. The highest BCUT2D eigenvalue weighted by molar-refractivity contribution is 5.89. The zero-order valence-electron chi connectivity index (χ0n) is 10.7. The lowest BCUT2D eigenvalue weighted by molar-refractivity contribution is 0.0686. The second kappa shape index (κ2) is 6.82. The van der Waals surface area contributed by atoms with E-state index in [2.05, 4.69) is 5.16 Å². The van der Waals surface area contributed by atoms with E-state index in [-0.39, 0.29) is 23.3 Å². The molecule has 4 nitrogen and oxygen atoms in total. The summed E-state index contributed by atoms with van der Waals surface area (Å²) in [5.41, 5.74) is 0.121. The summed E-state index contributed by atoms with van der Waals surface area (Å²) >= 11 is 0. The molecule has 104 valence electrons. The lowest BCUT2D eigenvalue weighted by Gasteiger charge is -2.11. The number of aromatic carboxylic acids is 1. The van der Waals surface area contributed by atoms with Gasteiger partial charge in [0.1, 0.15) is 6.61 Å². The molecule has 6 heteroatoms. The molecule has 0 aliphatic carbocycles. The molecule has 0 radical (unpaired) electrons. The first kappa shape index (κ1) is 15.1. The predicted molar refractivity (Wildman–Crippen MR) is 66.5 cm³/mol. The van der Waals surface area contributed by atoms with Gasteiger partial charge in [0.05, 0.1) is 11.3 Å². The van der Waals surface area contributed by atoms with Gasteiger partial charge in [-0.05, 0) is 19.4 Å². The summed E-state index contributed by atoms with van der Waals surface area (Å²) in [6, 6.07) is 3.74. The summed E-state index contributed by atoms with van der Waals surface area (Å²) in [4.78, 5) is 16.0. The molecular weight excluding hydrogens is 256 g/mol. The van der Waals surface area contributed by atoms with Crippen molar-refractivity contribution in [1.82, 2.24) is 0 Å². The van der Waals surface area contributed by atoms with Crippen molar-refractivity contribution in [1.29, 1.82) is 0 Å². The molecule has 1 aromatic rings. The van der Waals surface area contributed by atoms with E-state index in [0.29, 0.717) is 12.1 Å². The van der Waals surface area contributed by atoms with E-state index in [9.17, 15) is 13.6 Å². The average molecular weight is 271 g/mol. The lowest BCUT2D eigenvalue weighted by atomic mass is 10.0. The smallest absolute Gasteiger partial charge is 0.336 e. The van der Waals surface area contributed by atoms with Crippen molar-refractivity contribution in [3.8, 4) is 0 Å². The summed E-state index contributed by atoms with van der Waals surface area (Å²) < 4.78 is 25.7. The molecule has 0 bridgehead atoms. The quantitative estimate of drug-likeness (QED) is 0.635. The Morgan fingerprint density at radius 2 is 2.16 bits per heavy atom. The number of halogens is 2. The third-order valence-electron chi connectivity index (χ3n) is 2.62. The van der Waals surface area contributed by atoms with Crippen LogP contribution in [-0.2, 0) is 11.4 Å². The number of carboxylic acids is 1. The van der Waals surface area contributed by atoms with Gasteiger partial charge in [0.15, 0.2) is 0 Å². The van der Waals surface area contributed by atoms with Crippen LogP contribution in [0.1, 0.15) is 48.2 Å². The molecule has 0 aliphatic heterocycles. The van der Waals surface area contributed by atoms with Crippen LogP contribution in [-0.4, -0.2) is 16.8 Å². The highest BCUT2D eigenvalue weighted by atomic mass is 19.3. The van der Waals surface area contributed by atoms with Crippen LogP contribution in [0.5, 0.6) is 0 Å². The van der Waals surface area contributed by atoms with E-state index in [1.807, 2.05) is 6.92 Å². The Hall–Kier alpha value is -1.98. The maximum Gasteiger partial charge on any atom is 0.336 e. The fourth-order valence-corrected chi connectivity index (χ4v) is 1.44. The van der Waals surface area contributed by atoms with Crippen molar-refractivity contribution in [3.63, 3.8) is 0 Å². The molecule has 0 saturated carbocycles. The maximum atomic E-state index is 12.8. The first-order valence-electron chi connectivity index (χ1n) is 5.76. The van der Waals surface area contributed by atoms with Gasteiger partial charge in [-0.3, -0.25) is 0 Å². The Labute approximate surface area is 109 Å². The van der Waals surface area contributed by atoms with Gasteiger partial charge in [-0.1, -0.05) is 24.2 Å². The third kappa shape index (κ3) is 4.01. The molecule has 0 aliphatic rings. The largest absolute Gasteiger partial charge is 0.478 e. The molecule has 1 N–H and O–H groups in total. The highest BCUT2D eigenvalue weighted by Crippen LogP contribution is 2.26. The highest BCUT2D eigenvalue weighted by Gasteiger charge is 2.19. The van der Waals surface area contributed by atoms with Crippen molar-refractivity contribution in [3.05, 3.63) is 34.9 Å². The molecule has 0 aromatic heterocycles. The van der Waals surface area contributed by atoms with Gasteiger partial charge in [0.25, 0.3) is 6.43 Å². The van der Waals surface area contributed by atoms with Crippen molar-refractivity contribution >= 4 is 11.7 Å². The third-order valence-corrected chi connectivity index (χ3v) is 2.62. The number of benzene rings is 1. The molecular formula is C13H15F2NO3. The second-order valence-corrected chi connectivity index (χ2v) is 3.93. The normalized spacial score (nSPS) is 11.7. The van der Waals surface area contributed by atoms with E-state index in [4.69, 9.17) is 9.94 Å². The first-order chi connectivity index (χ1) is 8.97. The number of carboxylic acid groups (broad SMARTS) is 1. The SMILES string of the molecule is CCC(C)=NOCc1c(C(=O)O)cccc1C(F)F. The van der Waals surface area contributed by atoms with E-state index in [1.54, 1.807) is 6.92 Å². The van der Waals surface area contributed by atoms with Crippen LogP contribution in [0.4, 0.5) is 8.78 Å². The lowest BCUT2D eigenvalue weighted by Crippen LogP contribution is -2.07. The van der Waals surface area contributed by atoms with Crippen LogP contribution in [0.3, 0.4) is 0 Å². The van der Waals surface area contributed by atoms with Crippen LogP contribution in [0.25, 0.3) is 0 Å². The number of oxime groups is 1. The summed E-state index contributed by atoms with van der Waals surface area (Å²) in [6.07, 6.45) is -2.09. The van der Waals surface area contributed by atoms with Gasteiger partial charge in [-0.25, -0.2) is 13.6 Å². The van der Waals surface area contributed by atoms with Gasteiger partial charge in [-0.15, -0.1) is 0 Å². The number of carbonyl (C=O) groups is 1. The molecule has 0 saturated heterocycles. The fourth-order valence-electron chi connectivity index (χ4n) is 1.44. The van der Waals surface area contributed by atoms with E-state index in [0.717, 1.165) is 0 Å². The van der Waals surface area contributed by atoms with Crippen molar-refractivity contribution in [2.24, 2.45) is 5.16 Å². The standard InChI is InChI=1S/C13H15F2NO3/c1-3-8(2)16-19-7-11-9(12(14)15)5-4-6-10(11)13(17)18/h4-6,12H,3,7H2,1-2H3,(H,17,18). The van der Waals surface area contributed by atoms with Crippen molar-refractivity contribution in [2.75, 3.05) is 0 Å². The topological polar surface area (TPSA) is 58.9 Å². The van der Waals surface area contributed by atoms with Crippen LogP contribution >= 0.6 is 0 Å². The van der Waals surface area contributed by atoms with Gasteiger partial charge in [0.2, 0.25) is 0 Å². The molecule has 0 heterocycles. The Bertz CT molecular complexity index is 487. The van der Waals surface area contributed by atoms with E-state index < -0.39 is 12.4 Å². The van der Waals surface area contributed by atoms with Gasteiger partial charge in [0, 0.05) is 11.1 Å².